The van der Waals surface area contributed by atoms with Crippen molar-refractivity contribution in [1.29, 1.82) is 0 Å². The van der Waals surface area contributed by atoms with E-state index in [0.29, 0.717) is 19.5 Å². The first kappa shape index (κ1) is 19.0. The van der Waals surface area contributed by atoms with E-state index in [-0.39, 0.29) is 0 Å². The van der Waals surface area contributed by atoms with Gasteiger partial charge in [-0.3, -0.25) is 4.79 Å². The van der Waals surface area contributed by atoms with Gasteiger partial charge in [0.25, 0.3) is 0 Å². The summed E-state index contributed by atoms with van der Waals surface area (Å²) in [5.41, 5.74) is 1.43. The van der Waals surface area contributed by atoms with Crippen molar-refractivity contribution in [2.45, 2.75) is 58.8 Å². The van der Waals surface area contributed by atoms with Crippen LogP contribution in [0.25, 0.3) is 0 Å². The zero-order valence-electron chi connectivity index (χ0n) is 14.2. The van der Waals surface area contributed by atoms with Crippen LogP contribution in [0.4, 0.5) is 4.79 Å². The molecular weight excluding hydrogens is 296 g/mol. The van der Waals surface area contributed by atoms with Crippen molar-refractivity contribution < 1.29 is 19.4 Å². The zero-order valence-corrected chi connectivity index (χ0v) is 14.2. The number of nitrogens with one attached hydrogen (secondary N) is 2. The highest BCUT2D eigenvalue weighted by Gasteiger charge is 2.16. The Kier molecular flexibility index (Phi) is 7.03. The lowest BCUT2D eigenvalue weighted by atomic mass is 10.1. The number of aliphatic carboxylic acids is 1. The van der Waals surface area contributed by atoms with Crippen molar-refractivity contribution >= 4 is 12.1 Å². The molecule has 3 N–H and O–H groups in total. The predicted molar refractivity (Wildman–Crippen MR) is 88.1 cm³/mol. The summed E-state index contributed by atoms with van der Waals surface area (Å²) >= 11 is 0. The Bertz CT molecular complexity index is 520. The van der Waals surface area contributed by atoms with Crippen LogP contribution in [-0.4, -0.2) is 28.8 Å². The summed E-state index contributed by atoms with van der Waals surface area (Å²) in [6.07, 6.45) is 0.0863. The van der Waals surface area contributed by atoms with Gasteiger partial charge in [0.05, 0.1) is 0 Å². The van der Waals surface area contributed by atoms with E-state index in [2.05, 4.69) is 10.6 Å². The van der Waals surface area contributed by atoms with Gasteiger partial charge < -0.3 is 20.5 Å². The Hall–Kier alpha value is -2.08. The predicted octanol–water partition coefficient (Wildman–Crippen LogP) is 2.66. The lowest BCUT2D eigenvalue weighted by Crippen LogP contribution is -2.35. The number of alkyl carbamates (subject to hydrolysis) is 1. The van der Waals surface area contributed by atoms with Crippen LogP contribution in [0.2, 0.25) is 0 Å². The van der Waals surface area contributed by atoms with Gasteiger partial charge in [-0.05, 0) is 38.3 Å². The number of hydrogen-bond acceptors (Lipinski definition) is 4. The van der Waals surface area contributed by atoms with Gasteiger partial charge >= 0.3 is 12.1 Å². The molecule has 1 aromatic rings. The lowest BCUT2D eigenvalue weighted by Gasteiger charge is -2.19. The van der Waals surface area contributed by atoms with E-state index in [9.17, 15) is 9.59 Å². The van der Waals surface area contributed by atoms with Gasteiger partial charge in [-0.2, -0.15) is 0 Å². The maximum absolute atomic E-state index is 11.6. The Morgan fingerprint density at radius 3 is 2.09 bits per heavy atom. The number of amides is 1. The third-order valence-corrected chi connectivity index (χ3v) is 3.12. The number of carboxylic acids is 1. The molecule has 1 amide bonds. The summed E-state index contributed by atoms with van der Waals surface area (Å²) in [4.78, 5) is 22.5. The minimum Gasteiger partial charge on any atom is -0.480 e. The normalized spacial score (nSPS) is 12.5. The Morgan fingerprint density at radius 1 is 1.13 bits per heavy atom. The minimum absolute atomic E-state index is 0.384. The number of carbonyl (C=O) groups is 2. The maximum atomic E-state index is 11.6. The molecule has 1 unspecified atom stereocenters. The number of benzene rings is 1. The highest BCUT2D eigenvalue weighted by atomic mass is 16.6. The molecule has 0 spiro atoms. The van der Waals surface area contributed by atoms with Crippen LogP contribution in [-0.2, 0) is 22.6 Å². The van der Waals surface area contributed by atoms with Crippen molar-refractivity contribution in [1.82, 2.24) is 10.6 Å². The van der Waals surface area contributed by atoms with Crippen molar-refractivity contribution in [3.63, 3.8) is 0 Å². The molecule has 23 heavy (non-hydrogen) atoms. The molecule has 128 valence electrons. The second-order valence-corrected chi connectivity index (χ2v) is 6.35. The smallest absolute Gasteiger partial charge is 0.407 e. The largest absolute Gasteiger partial charge is 0.480 e. The highest BCUT2D eigenvalue weighted by Crippen LogP contribution is 2.08. The van der Waals surface area contributed by atoms with Crippen molar-refractivity contribution in [3.05, 3.63) is 35.4 Å². The van der Waals surface area contributed by atoms with E-state index >= 15 is 0 Å². The molecule has 0 saturated heterocycles. The van der Waals surface area contributed by atoms with Gasteiger partial charge in [0.1, 0.15) is 11.6 Å². The second-order valence-electron chi connectivity index (χ2n) is 6.35. The molecule has 1 aromatic carbocycles. The topological polar surface area (TPSA) is 87.7 Å². The van der Waals surface area contributed by atoms with Crippen LogP contribution in [0.3, 0.4) is 0 Å². The monoisotopic (exact) mass is 322 g/mol. The molecule has 0 fully saturated rings. The number of carboxylic acid groups (broad SMARTS) is 1. The molecule has 0 heterocycles. The summed E-state index contributed by atoms with van der Waals surface area (Å²) in [6.45, 7) is 8.15. The Labute approximate surface area is 137 Å². The van der Waals surface area contributed by atoms with Crippen LogP contribution >= 0.6 is 0 Å². The maximum Gasteiger partial charge on any atom is 0.407 e. The SMILES string of the molecule is CCC(NCc1ccc(CNC(=O)OC(C)(C)C)cc1)C(=O)O. The molecule has 0 aliphatic rings. The van der Waals surface area contributed by atoms with Crippen LogP contribution in [0.1, 0.15) is 45.2 Å². The molecule has 1 atom stereocenters. The molecule has 0 radical (unpaired) electrons. The quantitative estimate of drug-likeness (QED) is 0.718. The molecular formula is C17H26N2O4. The average Bonchev–Trinajstić information content (AvgIpc) is 2.45. The standard InChI is InChI=1S/C17H26N2O4/c1-5-14(15(20)21)18-10-12-6-8-13(9-7-12)11-19-16(22)23-17(2,3)4/h6-9,14,18H,5,10-11H2,1-4H3,(H,19,22)(H,20,21). The average molecular weight is 322 g/mol. The fourth-order valence-corrected chi connectivity index (χ4v) is 1.91. The molecule has 0 aliphatic heterocycles. The Balaban J connectivity index is 2.44. The number of rotatable bonds is 7. The van der Waals surface area contributed by atoms with Crippen LogP contribution < -0.4 is 10.6 Å². The number of hydrogen-bond donors (Lipinski definition) is 3. The van der Waals surface area contributed by atoms with Gasteiger partial charge in [-0.25, -0.2) is 4.79 Å². The summed E-state index contributed by atoms with van der Waals surface area (Å²) in [5.74, 6) is -0.842. The van der Waals surface area contributed by atoms with E-state index in [0.717, 1.165) is 11.1 Å². The number of carbonyl (C=O) groups excluding carboxylic acids is 1. The molecule has 1 rings (SSSR count). The lowest BCUT2D eigenvalue weighted by molar-refractivity contribution is -0.139. The fraction of sp³-hybridized carbons (Fsp3) is 0.529. The molecule has 0 aliphatic carbocycles. The van der Waals surface area contributed by atoms with Crippen LogP contribution in [0.5, 0.6) is 0 Å². The molecule has 0 bridgehead atoms. The Morgan fingerprint density at radius 2 is 1.65 bits per heavy atom. The molecule has 0 saturated carbocycles. The summed E-state index contributed by atoms with van der Waals surface area (Å²) in [7, 11) is 0. The van der Waals surface area contributed by atoms with Crippen molar-refractivity contribution in [3.8, 4) is 0 Å². The molecule has 6 nitrogen and oxygen atoms in total. The first-order chi connectivity index (χ1) is 10.7. The van der Waals surface area contributed by atoms with Gasteiger partial charge in [0, 0.05) is 13.1 Å². The first-order valence-corrected chi connectivity index (χ1v) is 7.72. The van der Waals surface area contributed by atoms with Gasteiger partial charge in [0.2, 0.25) is 0 Å². The van der Waals surface area contributed by atoms with Gasteiger partial charge in [-0.15, -0.1) is 0 Å². The number of ether oxygens (including phenoxy) is 1. The van der Waals surface area contributed by atoms with Crippen LogP contribution in [0.15, 0.2) is 24.3 Å². The van der Waals surface area contributed by atoms with E-state index in [4.69, 9.17) is 9.84 Å². The highest BCUT2D eigenvalue weighted by molar-refractivity contribution is 5.73. The van der Waals surface area contributed by atoms with Crippen LogP contribution in [0, 0.1) is 0 Å². The van der Waals surface area contributed by atoms with E-state index in [1.54, 1.807) is 0 Å². The third kappa shape index (κ3) is 7.65. The van der Waals surface area contributed by atoms with E-state index < -0.39 is 23.7 Å². The van der Waals surface area contributed by atoms with Gasteiger partial charge in [-0.1, -0.05) is 31.2 Å². The minimum atomic E-state index is -0.842. The van der Waals surface area contributed by atoms with Crippen molar-refractivity contribution in [2.75, 3.05) is 0 Å². The first-order valence-electron chi connectivity index (χ1n) is 7.72. The van der Waals surface area contributed by atoms with Crippen molar-refractivity contribution in [2.24, 2.45) is 0 Å². The van der Waals surface area contributed by atoms with E-state index in [1.165, 1.54) is 0 Å². The fourth-order valence-electron chi connectivity index (χ4n) is 1.91. The molecule has 0 aromatic heterocycles. The molecule has 6 heteroatoms. The summed E-state index contributed by atoms with van der Waals surface area (Å²) in [6, 6.07) is 7.08. The zero-order chi connectivity index (χ0) is 17.5. The van der Waals surface area contributed by atoms with Gasteiger partial charge in [0.15, 0.2) is 0 Å². The third-order valence-electron chi connectivity index (χ3n) is 3.12. The second kappa shape index (κ2) is 8.53. The summed E-state index contributed by atoms with van der Waals surface area (Å²) in [5, 5.41) is 14.7. The van der Waals surface area contributed by atoms with E-state index in [1.807, 2.05) is 52.0 Å². The summed E-state index contributed by atoms with van der Waals surface area (Å²) < 4.78 is 5.17.